The summed E-state index contributed by atoms with van der Waals surface area (Å²) < 4.78 is 0. The van der Waals surface area contributed by atoms with Gasteiger partial charge in [0, 0.05) is 9.75 Å². The Morgan fingerprint density at radius 3 is 1.87 bits per heavy atom. The SMILES string of the molecule is CC(=Nc1ccccc1C(C)C)c1ccc(C(C)=Nc2c(C)cccc2C)s1.[Cl][Fe][Cl]. The molecule has 2 aromatic carbocycles. The van der Waals surface area contributed by atoms with Gasteiger partial charge in [-0.15, -0.1) is 11.3 Å². The predicted octanol–water partition coefficient (Wildman–Crippen LogP) is 9.15. The van der Waals surface area contributed by atoms with Crippen LogP contribution >= 0.6 is 31.5 Å². The second-order valence-corrected chi connectivity index (χ2v) is 10.5. The predicted molar refractivity (Wildman–Crippen MR) is 136 cm³/mol. The monoisotopic (exact) mass is 514 g/mol. The van der Waals surface area contributed by atoms with Gasteiger partial charge in [-0.25, -0.2) is 0 Å². The number of para-hydroxylation sites is 2. The van der Waals surface area contributed by atoms with Crippen LogP contribution in [0.15, 0.2) is 64.6 Å². The van der Waals surface area contributed by atoms with Crippen LogP contribution in [-0.2, 0) is 13.1 Å². The van der Waals surface area contributed by atoms with Gasteiger partial charge in [-0.2, -0.15) is 0 Å². The second kappa shape index (κ2) is 12.6. The van der Waals surface area contributed by atoms with Crippen LogP contribution < -0.4 is 0 Å². The third-order valence-electron chi connectivity index (χ3n) is 4.89. The van der Waals surface area contributed by atoms with Crippen molar-refractivity contribution in [1.29, 1.82) is 0 Å². The molecule has 0 fully saturated rings. The van der Waals surface area contributed by atoms with Crippen molar-refractivity contribution in [2.45, 2.75) is 47.5 Å². The van der Waals surface area contributed by atoms with E-state index in [1.165, 1.54) is 26.4 Å². The van der Waals surface area contributed by atoms with Gasteiger partial charge in [0.05, 0.1) is 22.8 Å². The number of aliphatic imine (C=N–C) groups is 2. The molecule has 2 nitrogen and oxygen atoms in total. The van der Waals surface area contributed by atoms with Crippen LogP contribution in [0.25, 0.3) is 0 Å². The van der Waals surface area contributed by atoms with Crippen molar-refractivity contribution in [1.82, 2.24) is 0 Å². The van der Waals surface area contributed by atoms with E-state index in [9.17, 15) is 0 Å². The number of thiophene rings is 1. The fraction of sp³-hybridized carbons (Fsp3) is 0.280. The van der Waals surface area contributed by atoms with Crippen LogP contribution in [0.3, 0.4) is 0 Å². The summed E-state index contributed by atoms with van der Waals surface area (Å²) in [6.45, 7) is 12.8. The third kappa shape index (κ3) is 7.30. The zero-order valence-electron chi connectivity index (χ0n) is 18.7. The first-order valence-corrected chi connectivity index (χ1v) is 13.9. The van der Waals surface area contributed by atoms with E-state index in [2.05, 4.69) is 96.1 Å². The van der Waals surface area contributed by atoms with E-state index in [1.807, 2.05) is 0 Å². The van der Waals surface area contributed by atoms with E-state index >= 15 is 0 Å². The molecule has 0 aliphatic rings. The van der Waals surface area contributed by atoms with Crippen LogP contribution in [0.1, 0.15) is 60.1 Å². The average molecular weight is 515 g/mol. The Balaban J connectivity index is 0.00000107. The van der Waals surface area contributed by atoms with Gasteiger partial charge in [-0.05, 0) is 68.5 Å². The van der Waals surface area contributed by atoms with Crippen molar-refractivity contribution in [2.75, 3.05) is 0 Å². The summed E-state index contributed by atoms with van der Waals surface area (Å²) in [6.07, 6.45) is 0. The van der Waals surface area contributed by atoms with E-state index in [0.717, 1.165) is 22.8 Å². The van der Waals surface area contributed by atoms with E-state index in [1.54, 1.807) is 11.3 Å². The van der Waals surface area contributed by atoms with Crippen molar-refractivity contribution < 1.29 is 13.1 Å². The molecule has 0 N–H and O–H groups in total. The number of halogens is 2. The van der Waals surface area contributed by atoms with E-state index in [-0.39, 0.29) is 13.1 Å². The van der Waals surface area contributed by atoms with Crippen molar-refractivity contribution in [2.24, 2.45) is 9.98 Å². The molecule has 0 spiro atoms. The Hall–Kier alpha value is -1.42. The molecule has 6 heteroatoms. The minimum absolute atomic E-state index is 0.194. The van der Waals surface area contributed by atoms with Gasteiger partial charge in [-0.3, -0.25) is 9.98 Å². The van der Waals surface area contributed by atoms with E-state index < -0.39 is 0 Å². The van der Waals surface area contributed by atoms with Crippen molar-refractivity contribution >= 4 is 54.3 Å². The number of benzene rings is 2. The molecule has 0 aliphatic carbocycles. The standard InChI is InChI=1S/C25H28N2S.2ClH.Fe/c1-16(2)21-12-7-8-13-22(21)26-19(5)23-14-15-24(28-23)20(6)27-25-17(3)10-9-11-18(25)4;;;/h7-16H,1-6H3;2*1H;/q;;;+2/p-2. The van der Waals surface area contributed by atoms with Gasteiger partial charge in [0.1, 0.15) is 0 Å². The fourth-order valence-corrected chi connectivity index (χ4v) is 4.14. The fourth-order valence-electron chi connectivity index (χ4n) is 3.24. The first kappa shape index (κ1) is 25.8. The molecule has 0 radical (unpaired) electrons. The van der Waals surface area contributed by atoms with Crippen LogP contribution in [0.5, 0.6) is 0 Å². The summed E-state index contributed by atoms with van der Waals surface area (Å²) in [5.41, 5.74) is 7.93. The summed E-state index contributed by atoms with van der Waals surface area (Å²) in [7, 11) is 9.53. The van der Waals surface area contributed by atoms with E-state index in [0.29, 0.717) is 5.92 Å². The maximum absolute atomic E-state index is 4.92. The summed E-state index contributed by atoms with van der Waals surface area (Å²) in [6, 6.07) is 19.0. The molecule has 3 rings (SSSR count). The molecule has 0 saturated heterocycles. The van der Waals surface area contributed by atoms with Crippen molar-refractivity contribution in [3.63, 3.8) is 0 Å². The first-order chi connectivity index (χ1) is 14.8. The quantitative estimate of drug-likeness (QED) is 0.239. The Kier molecular flexibility index (Phi) is 10.5. The molecular weight excluding hydrogens is 487 g/mol. The average Bonchev–Trinajstić information content (AvgIpc) is 3.22. The first-order valence-electron chi connectivity index (χ1n) is 10.00. The summed E-state index contributed by atoms with van der Waals surface area (Å²) in [4.78, 5) is 12.2. The number of hydrogen-bond donors (Lipinski definition) is 0. The number of rotatable bonds is 5. The maximum atomic E-state index is 4.92. The topological polar surface area (TPSA) is 24.7 Å². The zero-order valence-corrected chi connectivity index (χ0v) is 22.1. The van der Waals surface area contributed by atoms with Crippen molar-refractivity contribution in [3.05, 3.63) is 81.0 Å². The van der Waals surface area contributed by atoms with Crippen LogP contribution in [0, 0.1) is 13.8 Å². The number of aryl methyl sites for hydroxylation is 2. The zero-order chi connectivity index (χ0) is 23.0. The van der Waals surface area contributed by atoms with Crippen molar-refractivity contribution in [3.8, 4) is 0 Å². The minimum atomic E-state index is 0.194. The molecule has 0 saturated carbocycles. The Morgan fingerprint density at radius 2 is 1.32 bits per heavy atom. The van der Waals surface area contributed by atoms with Gasteiger partial charge in [0.25, 0.3) is 0 Å². The normalized spacial score (nSPS) is 12.2. The molecule has 3 aromatic rings. The van der Waals surface area contributed by atoms with Gasteiger partial charge in [0.15, 0.2) is 0 Å². The molecule has 0 aliphatic heterocycles. The summed E-state index contributed by atoms with van der Waals surface area (Å²) >= 11 is 1.95. The third-order valence-corrected chi connectivity index (χ3v) is 6.19. The Labute approximate surface area is 205 Å². The number of hydrogen-bond acceptors (Lipinski definition) is 3. The molecule has 166 valence electrons. The molecule has 0 atom stereocenters. The van der Waals surface area contributed by atoms with Gasteiger partial charge in [0.2, 0.25) is 0 Å². The van der Waals surface area contributed by atoms with Gasteiger partial charge >= 0.3 is 33.3 Å². The Morgan fingerprint density at radius 1 is 0.806 bits per heavy atom. The number of nitrogens with zero attached hydrogens (tertiary/aromatic N) is 2. The summed E-state index contributed by atoms with van der Waals surface area (Å²) in [5.74, 6) is 0.457. The van der Waals surface area contributed by atoms with Crippen LogP contribution in [0.4, 0.5) is 11.4 Å². The van der Waals surface area contributed by atoms with Gasteiger partial charge in [-0.1, -0.05) is 50.2 Å². The summed E-state index contributed by atoms with van der Waals surface area (Å²) in [5, 5.41) is 0. The molecule has 0 bridgehead atoms. The molecular formula is C25H28Cl2FeN2S. The second-order valence-electron chi connectivity index (χ2n) is 7.56. The van der Waals surface area contributed by atoms with E-state index in [4.69, 9.17) is 30.2 Å². The Bertz CT molecular complexity index is 1050. The molecule has 1 heterocycles. The van der Waals surface area contributed by atoms with Gasteiger partial charge < -0.3 is 0 Å². The van der Waals surface area contributed by atoms with Crippen LogP contribution in [0.2, 0.25) is 0 Å². The molecule has 31 heavy (non-hydrogen) atoms. The van der Waals surface area contributed by atoms with Crippen LogP contribution in [-0.4, -0.2) is 11.4 Å². The molecule has 1 aromatic heterocycles. The molecule has 0 amide bonds. The molecule has 0 unspecified atom stereocenters.